The number of fused-ring (bicyclic) bond motifs is 1. The van der Waals surface area contributed by atoms with Gasteiger partial charge in [0.15, 0.2) is 0 Å². The maximum Gasteiger partial charge on any atom is 0.293 e. The number of nitro benzene ring substituents is 1. The van der Waals surface area contributed by atoms with E-state index in [1.807, 2.05) is 0 Å². The lowest BCUT2D eigenvalue weighted by Gasteiger charge is -2.33. The van der Waals surface area contributed by atoms with Gasteiger partial charge < -0.3 is 9.88 Å². The largest absolute Gasteiger partial charge is 0.366 e. The molecule has 0 saturated carbocycles. The second kappa shape index (κ2) is 7.21. The van der Waals surface area contributed by atoms with Crippen LogP contribution in [-0.4, -0.2) is 28.0 Å². The van der Waals surface area contributed by atoms with Gasteiger partial charge in [-0.05, 0) is 30.7 Å². The first kappa shape index (κ1) is 17.4. The maximum atomic E-state index is 11.9. The minimum absolute atomic E-state index is 0.0216. The molecule has 1 aromatic heterocycles. The lowest BCUT2D eigenvalue weighted by atomic mass is 9.89. The van der Waals surface area contributed by atoms with E-state index < -0.39 is 4.92 Å². The van der Waals surface area contributed by atoms with Gasteiger partial charge in [-0.25, -0.2) is 4.98 Å². The zero-order chi connectivity index (χ0) is 18.0. The highest BCUT2D eigenvalue weighted by Crippen LogP contribution is 2.34. The van der Waals surface area contributed by atoms with Crippen LogP contribution in [0.1, 0.15) is 39.5 Å². The normalized spacial score (nSPS) is 15.9. The van der Waals surface area contributed by atoms with E-state index in [0.717, 1.165) is 25.9 Å². The molecule has 1 aliphatic heterocycles. The molecule has 0 spiro atoms. The van der Waals surface area contributed by atoms with Gasteiger partial charge in [0.2, 0.25) is 0 Å². The lowest BCUT2D eigenvalue weighted by Crippen LogP contribution is -2.34. The number of nitrogens with zero attached hydrogens (tertiary/aromatic N) is 3. The highest BCUT2D eigenvalue weighted by molar-refractivity contribution is 5.87. The molecule has 0 unspecified atom stereocenters. The molecule has 1 N–H and O–H groups in total. The zero-order valence-electron chi connectivity index (χ0n) is 14.7. The summed E-state index contributed by atoms with van der Waals surface area (Å²) in [5.74, 6) is 1.41. The minimum Gasteiger partial charge on any atom is -0.366 e. The predicted octanol–water partition coefficient (Wildman–Crippen LogP) is 3.48. The van der Waals surface area contributed by atoms with Crippen molar-refractivity contribution in [3.05, 3.63) is 38.9 Å². The van der Waals surface area contributed by atoms with Crippen LogP contribution in [0.25, 0.3) is 10.9 Å². The quantitative estimate of drug-likeness (QED) is 0.662. The molecule has 1 saturated heterocycles. The molecule has 2 aromatic rings. The molecule has 25 heavy (non-hydrogen) atoms. The number of rotatable bonds is 5. The van der Waals surface area contributed by atoms with E-state index in [0.29, 0.717) is 23.0 Å². The summed E-state index contributed by atoms with van der Waals surface area (Å²) >= 11 is 0. The number of hydrogen-bond acceptors (Lipinski definition) is 5. The Morgan fingerprint density at radius 1 is 1.36 bits per heavy atom. The van der Waals surface area contributed by atoms with E-state index >= 15 is 0 Å². The highest BCUT2D eigenvalue weighted by atomic mass is 16.6. The Kier molecular flexibility index (Phi) is 5.01. The van der Waals surface area contributed by atoms with Gasteiger partial charge in [0.25, 0.3) is 11.2 Å². The smallest absolute Gasteiger partial charge is 0.293 e. The summed E-state index contributed by atoms with van der Waals surface area (Å²) < 4.78 is 0. The fourth-order valence-electron chi connectivity index (χ4n) is 3.52. The third-order valence-electron chi connectivity index (χ3n) is 5.04. The summed E-state index contributed by atoms with van der Waals surface area (Å²) in [7, 11) is 0. The van der Waals surface area contributed by atoms with Crippen LogP contribution in [0.2, 0.25) is 0 Å². The van der Waals surface area contributed by atoms with Crippen molar-refractivity contribution < 1.29 is 4.92 Å². The SMILES string of the molecule is CC(C)CCC1CCN(c2cc3nc[nH]c(=O)c3cc2[N+](=O)[O-])CC1. The number of nitrogens with one attached hydrogen (secondary N) is 1. The molecule has 0 aliphatic carbocycles. The summed E-state index contributed by atoms with van der Waals surface area (Å²) in [6.45, 7) is 6.08. The fourth-order valence-corrected chi connectivity index (χ4v) is 3.52. The predicted molar refractivity (Wildman–Crippen MR) is 98.0 cm³/mol. The number of anilines is 1. The Balaban J connectivity index is 1.85. The van der Waals surface area contributed by atoms with E-state index in [-0.39, 0.29) is 16.6 Å². The van der Waals surface area contributed by atoms with Gasteiger partial charge in [-0.1, -0.05) is 26.7 Å². The second-order valence-corrected chi connectivity index (χ2v) is 7.25. The van der Waals surface area contributed by atoms with E-state index in [9.17, 15) is 14.9 Å². The number of aromatic amines is 1. The first-order chi connectivity index (χ1) is 12.0. The summed E-state index contributed by atoms with van der Waals surface area (Å²) in [6.07, 6.45) is 5.88. The lowest BCUT2D eigenvalue weighted by molar-refractivity contribution is -0.384. The third kappa shape index (κ3) is 3.81. The van der Waals surface area contributed by atoms with Crippen LogP contribution in [0.4, 0.5) is 11.4 Å². The first-order valence-corrected chi connectivity index (χ1v) is 8.86. The Labute approximate surface area is 146 Å². The molecule has 0 atom stereocenters. The molecule has 1 aliphatic rings. The molecule has 3 rings (SSSR count). The summed E-state index contributed by atoms with van der Waals surface area (Å²) in [5, 5.41) is 11.8. The van der Waals surface area contributed by atoms with Crippen molar-refractivity contribution in [3.63, 3.8) is 0 Å². The second-order valence-electron chi connectivity index (χ2n) is 7.25. The van der Waals surface area contributed by atoms with Crippen molar-refractivity contribution >= 4 is 22.3 Å². The van der Waals surface area contributed by atoms with Gasteiger partial charge in [0.1, 0.15) is 5.69 Å². The van der Waals surface area contributed by atoms with Crippen molar-refractivity contribution in [1.29, 1.82) is 0 Å². The molecule has 2 heterocycles. The van der Waals surface area contributed by atoms with Crippen LogP contribution in [0.15, 0.2) is 23.3 Å². The summed E-state index contributed by atoms with van der Waals surface area (Å²) in [6, 6.07) is 3.03. The summed E-state index contributed by atoms with van der Waals surface area (Å²) in [4.78, 5) is 31.7. The monoisotopic (exact) mass is 344 g/mol. The van der Waals surface area contributed by atoms with Crippen molar-refractivity contribution in [2.75, 3.05) is 18.0 Å². The number of H-pyrrole nitrogens is 1. The van der Waals surface area contributed by atoms with E-state index in [1.54, 1.807) is 6.07 Å². The number of hydrogen-bond donors (Lipinski definition) is 1. The fraction of sp³-hybridized carbons (Fsp3) is 0.556. The van der Waals surface area contributed by atoms with Crippen LogP contribution in [0.5, 0.6) is 0 Å². The van der Waals surface area contributed by atoms with Crippen LogP contribution >= 0.6 is 0 Å². The summed E-state index contributed by atoms with van der Waals surface area (Å²) in [5.41, 5.74) is 0.683. The van der Waals surface area contributed by atoms with Crippen LogP contribution in [0.3, 0.4) is 0 Å². The Hall–Kier alpha value is -2.44. The Morgan fingerprint density at radius 2 is 2.08 bits per heavy atom. The molecule has 0 bridgehead atoms. The molecule has 1 fully saturated rings. The van der Waals surface area contributed by atoms with E-state index in [1.165, 1.54) is 25.2 Å². The number of nitro groups is 1. The van der Waals surface area contributed by atoms with E-state index in [2.05, 4.69) is 28.7 Å². The molecular weight excluding hydrogens is 320 g/mol. The third-order valence-corrected chi connectivity index (χ3v) is 5.04. The van der Waals surface area contributed by atoms with Crippen molar-refractivity contribution in [1.82, 2.24) is 9.97 Å². The van der Waals surface area contributed by atoms with Gasteiger partial charge in [0.05, 0.1) is 22.2 Å². The molecule has 0 radical (unpaired) electrons. The molecule has 1 aromatic carbocycles. The average Bonchev–Trinajstić information content (AvgIpc) is 2.59. The van der Waals surface area contributed by atoms with Gasteiger partial charge in [-0.2, -0.15) is 0 Å². The standard InChI is InChI=1S/C18H24N4O3/c1-12(2)3-4-13-5-7-21(8-6-13)16-10-15-14(9-17(16)22(24)25)18(23)20-11-19-15/h9-13H,3-8H2,1-2H3,(H,19,20,23). The van der Waals surface area contributed by atoms with Crippen molar-refractivity contribution in [3.8, 4) is 0 Å². The Morgan fingerprint density at radius 3 is 2.72 bits per heavy atom. The van der Waals surface area contributed by atoms with Gasteiger partial charge >= 0.3 is 0 Å². The minimum atomic E-state index is -0.411. The molecule has 7 nitrogen and oxygen atoms in total. The topological polar surface area (TPSA) is 92.1 Å². The van der Waals surface area contributed by atoms with Crippen LogP contribution in [-0.2, 0) is 0 Å². The van der Waals surface area contributed by atoms with Crippen molar-refractivity contribution in [2.45, 2.75) is 39.5 Å². The first-order valence-electron chi connectivity index (χ1n) is 8.86. The average molecular weight is 344 g/mol. The number of aromatic nitrogens is 2. The maximum absolute atomic E-state index is 11.9. The number of benzene rings is 1. The zero-order valence-corrected chi connectivity index (χ0v) is 14.7. The number of piperidine rings is 1. The van der Waals surface area contributed by atoms with Gasteiger partial charge in [-0.3, -0.25) is 14.9 Å². The Bertz CT molecular complexity index is 823. The van der Waals surface area contributed by atoms with E-state index in [4.69, 9.17) is 0 Å². The molecule has 134 valence electrons. The molecule has 0 amide bonds. The van der Waals surface area contributed by atoms with Crippen LogP contribution < -0.4 is 10.5 Å². The van der Waals surface area contributed by atoms with Crippen molar-refractivity contribution in [2.24, 2.45) is 11.8 Å². The highest BCUT2D eigenvalue weighted by Gasteiger charge is 2.26. The van der Waals surface area contributed by atoms with Gasteiger partial charge in [0, 0.05) is 19.2 Å². The molecular formula is C18H24N4O3. The van der Waals surface area contributed by atoms with Gasteiger partial charge in [-0.15, -0.1) is 0 Å². The van der Waals surface area contributed by atoms with Crippen LogP contribution in [0, 0.1) is 22.0 Å². The molecule has 7 heteroatoms.